The van der Waals surface area contributed by atoms with Gasteiger partial charge >= 0.3 is 0 Å². The molecule has 0 aromatic carbocycles. The number of aromatic nitrogens is 1. The molecule has 0 saturated carbocycles. The number of ether oxygens (including phenoxy) is 1. The van der Waals surface area contributed by atoms with Gasteiger partial charge in [0.25, 0.3) is 0 Å². The lowest BCUT2D eigenvalue weighted by Crippen LogP contribution is -2.41. The second-order valence-electron chi connectivity index (χ2n) is 2.77. The van der Waals surface area contributed by atoms with Crippen molar-refractivity contribution in [1.82, 2.24) is 4.98 Å². The van der Waals surface area contributed by atoms with Crippen molar-refractivity contribution in [3.05, 3.63) is 30.1 Å². The zero-order chi connectivity index (χ0) is 7.73. The van der Waals surface area contributed by atoms with Crippen LogP contribution in [-0.4, -0.2) is 18.2 Å². The standard InChI is InChI=1S/C8H9NOS/c11-8(5-10-6-8)7-2-1-3-9-4-7/h1-4,11H,5-6H2. The molecule has 2 rings (SSSR count). The lowest BCUT2D eigenvalue weighted by molar-refractivity contribution is -0.00983. The van der Waals surface area contributed by atoms with Gasteiger partial charge in [-0.2, -0.15) is 12.6 Å². The van der Waals surface area contributed by atoms with E-state index in [9.17, 15) is 0 Å². The third-order valence-corrected chi connectivity index (χ3v) is 2.40. The molecule has 1 aromatic heterocycles. The number of thiol groups is 1. The summed E-state index contributed by atoms with van der Waals surface area (Å²) in [7, 11) is 0. The summed E-state index contributed by atoms with van der Waals surface area (Å²) < 4.78 is 5.01. The Bertz CT molecular complexity index is 246. The van der Waals surface area contributed by atoms with Crippen LogP contribution in [0.3, 0.4) is 0 Å². The fraction of sp³-hybridized carbons (Fsp3) is 0.375. The molecule has 1 fully saturated rings. The zero-order valence-corrected chi connectivity index (χ0v) is 6.92. The molecule has 2 heterocycles. The van der Waals surface area contributed by atoms with E-state index in [0.29, 0.717) is 13.2 Å². The molecule has 0 bridgehead atoms. The van der Waals surface area contributed by atoms with Gasteiger partial charge in [0, 0.05) is 12.4 Å². The maximum atomic E-state index is 5.09. The van der Waals surface area contributed by atoms with Crippen molar-refractivity contribution >= 4 is 12.6 Å². The average Bonchev–Trinajstić information content (AvgIpc) is 2.02. The van der Waals surface area contributed by atoms with E-state index in [0.717, 1.165) is 5.56 Å². The molecule has 2 nitrogen and oxygen atoms in total. The first kappa shape index (κ1) is 7.13. The third-order valence-electron chi connectivity index (χ3n) is 1.88. The van der Waals surface area contributed by atoms with Gasteiger partial charge in [0.15, 0.2) is 0 Å². The van der Waals surface area contributed by atoms with Crippen LogP contribution >= 0.6 is 12.6 Å². The van der Waals surface area contributed by atoms with E-state index < -0.39 is 0 Å². The highest BCUT2D eigenvalue weighted by atomic mass is 32.1. The van der Waals surface area contributed by atoms with E-state index in [-0.39, 0.29) is 4.75 Å². The van der Waals surface area contributed by atoms with Gasteiger partial charge in [-0.1, -0.05) is 6.07 Å². The molecule has 1 saturated heterocycles. The van der Waals surface area contributed by atoms with Crippen molar-refractivity contribution < 1.29 is 4.74 Å². The minimum atomic E-state index is -0.0751. The molecule has 1 aromatic rings. The predicted octanol–water partition coefficient (Wildman–Crippen LogP) is 1.24. The molecule has 11 heavy (non-hydrogen) atoms. The van der Waals surface area contributed by atoms with Crippen molar-refractivity contribution in [2.75, 3.05) is 13.2 Å². The van der Waals surface area contributed by atoms with Crippen LogP contribution in [0.5, 0.6) is 0 Å². The predicted molar refractivity (Wildman–Crippen MR) is 45.7 cm³/mol. The quantitative estimate of drug-likeness (QED) is 0.636. The van der Waals surface area contributed by atoms with Crippen molar-refractivity contribution in [1.29, 1.82) is 0 Å². The van der Waals surface area contributed by atoms with Crippen LogP contribution in [0, 0.1) is 0 Å². The Morgan fingerprint density at radius 1 is 1.55 bits per heavy atom. The van der Waals surface area contributed by atoms with Crippen LogP contribution in [-0.2, 0) is 9.48 Å². The molecular formula is C8H9NOS. The molecule has 0 atom stereocenters. The smallest absolute Gasteiger partial charge is 0.0859 e. The van der Waals surface area contributed by atoms with Crippen LogP contribution in [0.2, 0.25) is 0 Å². The Kier molecular flexibility index (Phi) is 1.62. The molecule has 1 aliphatic heterocycles. The van der Waals surface area contributed by atoms with Gasteiger partial charge in [0.2, 0.25) is 0 Å². The van der Waals surface area contributed by atoms with Gasteiger partial charge < -0.3 is 4.74 Å². The first-order chi connectivity index (χ1) is 5.31. The van der Waals surface area contributed by atoms with Gasteiger partial charge in [-0.15, -0.1) is 0 Å². The molecule has 0 spiro atoms. The third kappa shape index (κ3) is 1.14. The maximum absolute atomic E-state index is 5.09. The number of nitrogens with zero attached hydrogens (tertiary/aromatic N) is 1. The second-order valence-corrected chi connectivity index (χ2v) is 3.62. The fourth-order valence-electron chi connectivity index (χ4n) is 1.10. The number of hydrogen-bond acceptors (Lipinski definition) is 3. The van der Waals surface area contributed by atoms with Crippen LogP contribution in [0.15, 0.2) is 24.5 Å². The second kappa shape index (κ2) is 2.50. The van der Waals surface area contributed by atoms with E-state index in [1.165, 1.54) is 0 Å². The SMILES string of the molecule is SC1(c2cccnc2)COC1. The highest BCUT2D eigenvalue weighted by Gasteiger charge is 2.36. The summed E-state index contributed by atoms with van der Waals surface area (Å²) in [6.07, 6.45) is 3.61. The summed E-state index contributed by atoms with van der Waals surface area (Å²) in [5.74, 6) is 0. The molecule has 0 amide bonds. The van der Waals surface area contributed by atoms with Gasteiger partial charge in [0.05, 0.1) is 18.0 Å². The topological polar surface area (TPSA) is 22.1 Å². The molecule has 0 aliphatic carbocycles. The van der Waals surface area contributed by atoms with Crippen molar-refractivity contribution in [3.63, 3.8) is 0 Å². The Hall–Kier alpha value is -0.540. The normalized spacial score (nSPS) is 20.8. The molecule has 3 heteroatoms. The van der Waals surface area contributed by atoms with Gasteiger partial charge in [0.1, 0.15) is 0 Å². The maximum Gasteiger partial charge on any atom is 0.0859 e. The summed E-state index contributed by atoms with van der Waals surface area (Å²) in [5.41, 5.74) is 1.15. The fourth-order valence-corrected chi connectivity index (χ4v) is 1.41. The number of hydrogen-bond donors (Lipinski definition) is 1. The number of pyridine rings is 1. The Morgan fingerprint density at radius 3 is 2.82 bits per heavy atom. The zero-order valence-electron chi connectivity index (χ0n) is 6.03. The van der Waals surface area contributed by atoms with E-state index in [1.807, 2.05) is 18.3 Å². The van der Waals surface area contributed by atoms with Crippen molar-refractivity contribution in [3.8, 4) is 0 Å². The molecule has 58 valence electrons. The van der Waals surface area contributed by atoms with Gasteiger partial charge in [-0.05, 0) is 11.6 Å². The van der Waals surface area contributed by atoms with Crippen LogP contribution in [0.4, 0.5) is 0 Å². The van der Waals surface area contributed by atoms with E-state index in [1.54, 1.807) is 6.20 Å². The summed E-state index contributed by atoms with van der Waals surface area (Å²) in [5, 5.41) is 0. The molecule has 1 aliphatic rings. The van der Waals surface area contributed by atoms with Crippen LogP contribution in [0.25, 0.3) is 0 Å². The molecule has 0 N–H and O–H groups in total. The van der Waals surface area contributed by atoms with Crippen LogP contribution in [0.1, 0.15) is 5.56 Å². The minimum Gasteiger partial charge on any atom is -0.378 e. The lowest BCUT2D eigenvalue weighted by Gasteiger charge is -2.36. The van der Waals surface area contributed by atoms with Crippen molar-refractivity contribution in [2.24, 2.45) is 0 Å². The molecule has 0 unspecified atom stereocenters. The first-order valence-electron chi connectivity index (χ1n) is 3.52. The molecular weight excluding hydrogens is 158 g/mol. The highest BCUT2D eigenvalue weighted by molar-refractivity contribution is 7.81. The first-order valence-corrected chi connectivity index (χ1v) is 3.97. The largest absolute Gasteiger partial charge is 0.378 e. The summed E-state index contributed by atoms with van der Waals surface area (Å²) >= 11 is 4.50. The summed E-state index contributed by atoms with van der Waals surface area (Å²) in [4.78, 5) is 4.03. The van der Waals surface area contributed by atoms with E-state index in [2.05, 4.69) is 17.6 Å². The molecule has 0 radical (unpaired) electrons. The van der Waals surface area contributed by atoms with E-state index in [4.69, 9.17) is 4.74 Å². The van der Waals surface area contributed by atoms with Crippen molar-refractivity contribution in [2.45, 2.75) is 4.75 Å². The Labute approximate surface area is 71.0 Å². The Morgan fingerprint density at radius 2 is 2.36 bits per heavy atom. The van der Waals surface area contributed by atoms with E-state index >= 15 is 0 Å². The van der Waals surface area contributed by atoms with Crippen LogP contribution < -0.4 is 0 Å². The summed E-state index contributed by atoms with van der Waals surface area (Å²) in [6, 6.07) is 3.95. The lowest BCUT2D eigenvalue weighted by atomic mass is 9.98. The highest BCUT2D eigenvalue weighted by Crippen LogP contribution is 2.35. The van der Waals surface area contributed by atoms with Gasteiger partial charge in [-0.25, -0.2) is 0 Å². The van der Waals surface area contributed by atoms with Gasteiger partial charge in [-0.3, -0.25) is 4.98 Å². The monoisotopic (exact) mass is 167 g/mol. The number of rotatable bonds is 1. The summed E-state index contributed by atoms with van der Waals surface area (Å²) in [6.45, 7) is 1.39. The minimum absolute atomic E-state index is 0.0751. The Balaban J connectivity index is 2.29. The average molecular weight is 167 g/mol.